The van der Waals surface area contributed by atoms with Crippen molar-refractivity contribution in [3.8, 4) is 10.8 Å². The van der Waals surface area contributed by atoms with Crippen LogP contribution in [0, 0.1) is 6.92 Å². The van der Waals surface area contributed by atoms with Crippen molar-refractivity contribution in [2.75, 3.05) is 19.4 Å². The van der Waals surface area contributed by atoms with E-state index in [1.807, 2.05) is 45.3 Å². The monoisotopic (exact) mass is 342 g/mol. The summed E-state index contributed by atoms with van der Waals surface area (Å²) in [5.41, 5.74) is 2.59. The first-order chi connectivity index (χ1) is 11.5. The van der Waals surface area contributed by atoms with Crippen molar-refractivity contribution in [3.05, 3.63) is 46.7 Å². The molecule has 1 amide bonds. The van der Waals surface area contributed by atoms with E-state index in [-0.39, 0.29) is 5.91 Å². The molecule has 3 rings (SSSR count). The van der Waals surface area contributed by atoms with Crippen molar-refractivity contribution in [3.63, 3.8) is 0 Å². The summed E-state index contributed by atoms with van der Waals surface area (Å²) in [6.45, 7) is 2.63. The van der Waals surface area contributed by atoms with Crippen LogP contribution in [0.4, 0.5) is 5.69 Å². The summed E-state index contributed by atoms with van der Waals surface area (Å²) in [5.74, 6) is 0.396. The van der Waals surface area contributed by atoms with Gasteiger partial charge in [-0.1, -0.05) is 12.1 Å². The lowest BCUT2D eigenvalue weighted by molar-refractivity contribution is 0.103. The van der Waals surface area contributed by atoms with Crippen molar-refractivity contribution >= 4 is 22.9 Å². The molecule has 0 fully saturated rings. The van der Waals surface area contributed by atoms with Gasteiger partial charge in [0.2, 0.25) is 0 Å². The maximum Gasteiger partial charge on any atom is 0.267 e. The van der Waals surface area contributed by atoms with Gasteiger partial charge in [-0.3, -0.25) is 9.89 Å². The lowest BCUT2D eigenvalue weighted by Gasteiger charge is -2.11. The second-order valence-electron chi connectivity index (χ2n) is 5.66. The zero-order valence-electron chi connectivity index (χ0n) is 13.7. The van der Waals surface area contributed by atoms with Gasteiger partial charge in [-0.25, -0.2) is 9.97 Å². The zero-order valence-corrected chi connectivity index (χ0v) is 14.5. The van der Waals surface area contributed by atoms with E-state index in [0.29, 0.717) is 21.4 Å². The Hall–Kier alpha value is -2.58. The fraction of sp³-hybridized carbons (Fsp3) is 0.250. The van der Waals surface area contributed by atoms with Gasteiger partial charge in [0.15, 0.2) is 10.8 Å². The lowest BCUT2D eigenvalue weighted by atomic mass is 10.2. The van der Waals surface area contributed by atoms with Crippen LogP contribution in [0.25, 0.3) is 10.8 Å². The molecular weight excluding hydrogens is 324 g/mol. The Morgan fingerprint density at radius 1 is 1.38 bits per heavy atom. The third kappa shape index (κ3) is 3.66. The van der Waals surface area contributed by atoms with Gasteiger partial charge in [0.25, 0.3) is 5.91 Å². The highest BCUT2D eigenvalue weighted by atomic mass is 32.1. The average molecular weight is 342 g/mol. The number of anilines is 1. The number of aromatic nitrogens is 4. The first-order valence-electron chi connectivity index (χ1n) is 7.41. The summed E-state index contributed by atoms with van der Waals surface area (Å²) in [6, 6.07) is 7.83. The third-order valence-corrected chi connectivity index (χ3v) is 4.47. The molecule has 8 heteroatoms. The maximum absolute atomic E-state index is 12.6. The molecule has 2 aromatic heterocycles. The molecule has 0 aliphatic heterocycles. The molecule has 2 heterocycles. The van der Waals surface area contributed by atoms with Gasteiger partial charge in [-0.2, -0.15) is 5.10 Å². The minimum Gasteiger partial charge on any atom is -0.321 e. The Balaban J connectivity index is 1.78. The van der Waals surface area contributed by atoms with Gasteiger partial charge in [-0.15, -0.1) is 11.3 Å². The van der Waals surface area contributed by atoms with Crippen LogP contribution in [-0.2, 0) is 6.54 Å². The predicted molar refractivity (Wildman–Crippen MR) is 94.0 cm³/mol. The molecule has 0 saturated heterocycles. The summed E-state index contributed by atoms with van der Waals surface area (Å²) >= 11 is 1.29. The molecule has 0 bridgehead atoms. The summed E-state index contributed by atoms with van der Waals surface area (Å²) in [7, 11) is 4.02. The van der Waals surface area contributed by atoms with Gasteiger partial charge in [-0.05, 0) is 38.7 Å². The van der Waals surface area contributed by atoms with Crippen molar-refractivity contribution < 1.29 is 4.79 Å². The maximum atomic E-state index is 12.6. The second kappa shape index (κ2) is 6.90. The molecule has 0 aliphatic carbocycles. The molecule has 0 radical (unpaired) electrons. The van der Waals surface area contributed by atoms with Gasteiger partial charge in [0.1, 0.15) is 11.2 Å². The minimum absolute atomic E-state index is 0.169. The summed E-state index contributed by atoms with van der Waals surface area (Å²) in [4.78, 5) is 23.7. The standard InChI is InChI=1S/C16H18N6OS/c1-10-13(24-16(19-10)14-17-9-18-21-14)15(23)20-12-6-4-5-11(7-12)8-22(2)3/h4-7,9H,8H2,1-3H3,(H,20,23)(H,17,18,21). The van der Waals surface area contributed by atoms with E-state index < -0.39 is 0 Å². The molecule has 0 atom stereocenters. The number of thiazole rings is 1. The normalized spacial score (nSPS) is 11.0. The quantitative estimate of drug-likeness (QED) is 0.744. The predicted octanol–water partition coefficient (Wildman–Crippen LogP) is 2.55. The highest BCUT2D eigenvalue weighted by molar-refractivity contribution is 7.17. The van der Waals surface area contributed by atoms with E-state index in [0.717, 1.165) is 17.8 Å². The van der Waals surface area contributed by atoms with Gasteiger partial charge in [0, 0.05) is 12.2 Å². The number of aromatic amines is 1. The first-order valence-corrected chi connectivity index (χ1v) is 8.23. The van der Waals surface area contributed by atoms with Crippen LogP contribution in [0.1, 0.15) is 20.9 Å². The zero-order chi connectivity index (χ0) is 17.1. The fourth-order valence-electron chi connectivity index (χ4n) is 2.32. The molecule has 2 N–H and O–H groups in total. The van der Waals surface area contributed by atoms with E-state index in [1.54, 1.807) is 0 Å². The Morgan fingerprint density at radius 2 is 2.21 bits per heavy atom. The largest absolute Gasteiger partial charge is 0.321 e. The SMILES string of the molecule is Cc1nc(-c2ncn[nH]2)sc1C(=O)Nc1cccc(CN(C)C)c1. The van der Waals surface area contributed by atoms with Crippen LogP contribution in [0.2, 0.25) is 0 Å². The van der Waals surface area contributed by atoms with Crippen LogP contribution in [0.3, 0.4) is 0 Å². The van der Waals surface area contributed by atoms with Crippen LogP contribution >= 0.6 is 11.3 Å². The van der Waals surface area contributed by atoms with Gasteiger partial charge >= 0.3 is 0 Å². The number of nitrogens with one attached hydrogen (secondary N) is 2. The third-order valence-electron chi connectivity index (χ3n) is 3.30. The molecule has 7 nitrogen and oxygen atoms in total. The highest BCUT2D eigenvalue weighted by Crippen LogP contribution is 2.26. The van der Waals surface area contributed by atoms with E-state index in [9.17, 15) is 4.79 Å². The highest BCUT2D eigenvalue weighted by Gasteiger charge is 2.17. The minimum atomic E-state index is -0.169. The van der Waals surface area contributed by atoms with Crippen LogP contribution in [0.5, 0.6) is 0 Å². The number of rotatable bonds is 5. The Bertz CT molecular complexity index is 840. The van der Waals surface area contributed by atoms with E-state index in [4.69, 9.17) is 0 Å². The number of hydrogen-bond acceptors (Lipinski definition) is 6. The number of hydrogen-bond donors (Lipinski definition) is 2. The number of nitrogens with zero attached hydrogens (tertiary/aromatic N) is 4. The van der Waals surface area contributed by atoms with Crippen molar-refractivity contribution in [1.82, 2.24) is 25.1 Å². The van der Waals surface area contributed by atoms with Gasteiger partial charge < -0.3 is 10.2 Å². The lowest BCUT2D eigenvalue weighted by Crippen LogP contribution is -2.13. The molecule has 124 valence electrons. The Morgan fingerprint density at radius 3 is 2.92 bits per heavy atom. The number of H-pyrrole nitrogens is 1. The van der Waals surface area contributed by atoms with E-state index >= 15 is 0 Å². The second-order valence-corrected chi connectivity index (χ2v) is 6.66. The Labute approximate surface area is 143 Å². The molecule has 0 unspecified atom stereocenters. The average Bonchev–Trinajstić information content (AvgIpc) is 3.16. The number of carbonyl (C=O) groups is 1. The topological polar surface area (TPSA) is 86.8 Å². The van der Waals surface area contributed by atoms with Crippen LogP contribution in [0.15, 0.2) is 30.6 Å². The van der Waals surface area contributed by atoms with E-state index in [2.05, 4.69) is 30.4 Å². The summed E-state index contributed by atoms with van der Waals surface area (Å²) < 4.78 is 0. The molecule has 3 aromatic rings. The van der Waals surface area contributed by atoms with E-state index in [1.165, 1.54) is 17.7 Å². The fourth-order valence-corrected chi connectivity index (χ4v) is 3.23. The number of benzene rings is 1. The van der Waals surface area contributed by atoms with Crippen molar-refractivity contribution in [2.24, 2.45) is 0 Å². The van der Waals surface area contributed by atoms with Gasteiger partial charge in [0.05, 0.1) is 5.69 Å². The molecule has 0 spiro atoms. The smallest absolute Gasteiger partial charge is 0.267 e. The van der Waals surface area contributed by atoms with Crippen LogP contribution in [-0.4, -0.2) is 45.1 Å². The van der Waals surface area contributed by atoms with Crippen molar-refractivity contribution in [2.45, 2.75) is 13.5 Å². The van der Waals surface area contributed by atoms with Crippen LogP contribution < -0.4 is 5.32 Å². The Kier molecular flexibility index (Phi) is 4.68. The summed E-state index contributed by atoms with van der Waals surface area (Å²) in [5, 5.41) is 10.2. The summed E-state index contributed by atoms with van der Waals surface area (Å²) in [6.07, 6.45) is 1.42. The van der Waals surface area contributed by atoms with Crippen molar-refractivity contribution in [1.29, 1.82) is 0 Å². The molecule has 1 aromatic carbocycles. The number of aryl methyl sites for hydroxylation is 1. The number of carbonyl (C=O) groups excluding carboxylic acids is 1. The first kappa shape index (κ1) is 16.3. The number of amides is 1. The molecule has 0 aliphatic rings. The molecule has 24 heavy (non-hydrogen) atoms. The molecule has 0 saturated carbocycles. The molecular formula is C16H18N6OS.